The number of methoxy groups -OCH3 is 1. The fraction of sp³-hybridized carbons (Fsp3) is 0.500. The van der Waals surface area contributed by atoms with E-state index in [9.17, 15) is 0 Å². The van der Waals surface area contributed by atoms with Crippen LogP contribution in [0.15, 0.2) is 23.3 Å². The molecule has 0 saturated carbocycles. The van der Waals surface area contributed by atoms with Crippen LogP contribution in [0, 0.1) is 0 Å². The fourth-order valence-electron chi connectivity index (χ4n) is 1.57. The molecule has 0 saturated heterocycles. The molecule has 0 fully saturated rings. The van der Waals surface area contributed by atoms with Crippen LogP contribution in [0.1, 0.15) is 31.9 Å². The Bertz CT molecular complexity index is 415. The Balaban J connectivity index is 3.11. The molecule has 16 heavy (non-hydrogen) atoms. The van der Waals surface area contributed by atoms with Crippen LogP contribution in [-0.4, -0.2) is 7.11 Å². The fourth-order valence-corrected chi connectivity index (χ4v) is 1.57. The van der Waals surface area contributed by atoms with E-state index < -0.39 is 0 Å². The van der Waals surface area contributed by atoms with Gasteiger partial charge in [-0.15, -0.1) is 0 Å². The van der Waals surface area contributed by atoms with Gasteiger partial charge in [0.25, 0.3) is 0 Å². The lowest BCUT2D eigenvalue weighted by Crippen LogP contribution is -2.12. The van der Waals surface area contributed by atoms with Crippen molar-refractivity contribution in [1.82, 2.24) is 0 Å². The first-order valence-corrected chi connectivity index (χ1v) is 5.17. The van der Waals surface area contributed by atoms with Gasteiger partial charge in [-0.1, -0.05) is 38.0 Å². The number of benzene rings is 1. The highest BCUT2D eigenvalue weighted by Crippen LogP contribution is 2.31. The minimum Gasteiger partial charge on any atom is -0.496 e. The van der Waals surface area contributed by atoms with E-state index in [0.717, 1.165) is 16.9 Å². The summed E-state index contributed by atoms with van der Waals surface area (Å²) < 4.78 is 5.36. The minimum absolute atomic E-state index is 0.0440. The second kappa shape index (κ2) is 4.90. The van der Waals surface area contributed by atoms with Crippen molar-refractivity contribution >= 4 is 0 Å². The zero-order valence-corrected chi connectivity index (χ0v) is 10.2. The van der Waals surface area contributed by atoms with Crippen molar-refractivity contribution in [2.45, 2.75) is 32.7 Å². The lowest BCUT2D eigenvalue weighted by atomic mass is 9.86. The van der Waals surface area contributed by atoms with Crippen LogP contribution >= 0.6 is 0 Å². The molecule has 0 bridgehead atoms. The summed E-state index contributed by atoms with van der Waals surface area (Å²) in [5.41, 5.74) is 10.4. The molecule has 4 heteroatoms. The average molecular weight is 219 g/mol. The van der Waals surface area contributed by atoms with Crippen molar-refractivity contribution in [3.8, 4) is 5.75 Å². The van der Waals surface area contributed by atoms with Gasteiger partial charge in [0.2, 0.25) is 0 Å². The first-order valence-electron chi connectivity index (χ1n) is 5.17. The van der Waals surface area contributed by atoms with Gasteiger partial charge in [-0.25, -0.2) is 0 Å². The van der Waals surface area contributed by atoms with E-state index in [4.69, 9.17) is 10.3 Å². The monoisotopic (exact) mass is 219 g/mol. The smallest absolute Gasteiger partial charge is 0.122 e. The van der Waals surface area contributed by atoms with E-state index in [-0.39, 0.29) is 5.41 Å². The summed E-state index contributed by atoms with van der Waals surface area (Å²) in [5.74, 6) is 0.845. The van der Waals surface area contributed by atoms with Gasteiger partial charge < -0.3 is 4.74 Å². The summed E-state index contributed by atoms with van der Waals surface area (Å²) in [5, 5.41) is 3.53. The van der Waals surface area contributed by atoms with Gasteiger partial charge in [-0.05, 0) is 28.1 Å². The number of nitrogens with zero attached hydrogens (tertiary/aromatic N) is 3. The van der Waals surface area contributed by atoms with Crippen LogP contribution in [0.3, 0.4) is 0 Å². The van der Waals surface area contributed by atoms with Gasteiger partial charge in [0.05, 0.1) is 13.7 Å². The van der Waals surface area contributed by atoms with Gasteiger partial charge >= 0.3 is 0 Å². The summed E-state index contributed by atoms with van der Waals surface area (Å²) >= 11 is 0. The first kappa shape index (κ1) is 12.4. The zero-order chi connectivity index (χ0) is 12.2. The molecule has 0 amide bonds. The van der Waals surface area contributed by atoms with E-state index in [1.165, 1.54) is 0 Å². The molecule has 0 radical (unpaired) electrons. The summed E-state index contributed by atoms with van der Waals surface area (Å²) in [4.78, 5) is 2.74. The topological polar surface area (TPSA) is 58.0 Å². The quantitative estimate of drug-likeness (QED) is 0.433. The predicted octanol–water partition coefficient (Wildman–Crippen LogP) is 3.80. The predicted molar refractivity (Wildman–Crippen MR) is 64.5 cm³/mol. The Morgan fingerprint density at radius 1 is 1.38 bits per heavy atom. The van der Waals surface area contributed by atoms with Gasteiger partial charge in [-0.3, -0.25) is 0 Å². The standard InChI is InChI=1S/C12H17N3O/c1-12(2,3)10-6-5-9(8-14-15-13)7-11(10)16-4/h5-7H,8H2,1-4H3. The first-order chi connectivity index (χ1) is 7.49. The molecule has 0 heterocycles. The van der Waals surface area contributed by atoms with Crippen molar-refractivity contribution in [3.05, 3.63) is 39.8 Å². The van der Waals surface area contributed by atoms with Crippen molar-refractivity contribution in [1.29, 1.82) is 0 Å². The molecule has 1 aromatic carbocycles. The zero-order valence-electron chi connectivity index (χ0n) is 10.2. The Labute approximate surface area is 95.9 Å². The number of hydrogen-bond donors (Lipinski definition) is 0. The van der Waals surface area contributed by atoms with Crippen molar-refractivity contribution in [2.75, 3.05) is 7.11 Å². The van der Waals surface area contributed by atoms with E-state index in [2.05, 4.69) is 30.8 Å². The minimum atomic E-state index is 0.0440. The molecule has 0 aromatic heterocycles. The second-order valence-corrected chi connectivity index (χ2v) is 4.67. The maximum Gasteiger partial charge on any atom is 0.122 e. The molecule has 0 spiro atoms. The van der Waals surface area contributed by atoms with Crippen LogP contribution in [0.2, 0.25) is 0 Å². The number of azide groups is 1. The molecule has 1 aromatic rings. The van der Waals surface area contributed by atoms with E-state index in [0.29, 0.717) is 6.54 Å². The molecule has 0 aliphatic carbocycles. The van der Waals surface area contributed by atoms with E-state index in [1.807, 2.05) is 18.2 Å². The van der Waals surface area contributed by atoms with Gasteiger partial charge in [0.15, 0.2) is 0 Å². The van der Waals surface area contributed by atoms with Gasteiger partial charge in [0.1, 0.15) is 5.75 Å². The Kier molecular flexibility index (Phi) is 3.80. The highest BCUT2D eigenvalue weighted by atomic mass is 16.5. The molecule has 4 nitrogen and oxygen atoms in total. The van der Waals surface area contributed by atoms with Crippen molar-refractivity contribution < 1.29 is 4.74 Å². The van der Waals surface area contributed by atoms with E-state index >= 15 is 0 Å². The molecular weight excluding hydrogens is 202 g/mol. The average Bonchev–Trinajstić information content (AvgIpc) is 2.24. The molecule has 0 aliphatic rings. The third-order valence-electron chi connectivity index (χ3n) is 2.39. The van der Waals surface area contributed by atoms with Crippen LogP contribution < -0.4 is 4.74 Å². The normalized spacial score (nSPS) is 10.8. The van der Waals surface area contributed by atoms with Crippen molar-refractivity contribution in [3.63, 3.8) is 0 Å². The number of ether oxygens (including phenoxy) is 1. The number of rotatable bonds is 3. The molecule has 0 aliphatic heterocycles. The third kappa shape index (κ3) is 2.91. The van der Waals surface area contributed by atoms with Gasteiger partial charge in [0, 0.05) is 4.91 Å². The summed E-state index contributed by atoms with van der Waals surface area (Å²) in [6, 6.07) is 5.92. The lowest BCUT2D eigenvalue weighted by molar-refractivity contribution is 0.397. The van der Waals surface area contributed by atoms with Crippen LogP contribution in [0.25, 0.3) is 10.4 Å². The molecular formula is C12H17N3O. The maximum atomic E-state index is 8.27. The molecule has 0 unspecified atom stereocenters. The Morgan fingerprint density at radius 3 is 2.56 bits per heavy atom. The second-order valence-electron chi connectivity index (χ2n) is 4.67. The molecule has 0 atom stereocenters. The van der Waals surface area contributed by atoms with Crippen molar-refractivity contribution in [2.24, 2.45) is 5.11 Å². The SMILES string of the molecule is COc1cc(CN=[N+]=[N-])ccc1C(C)(C)C. The maximum absolute atomic E-state index is 8.27. The van der Waals surface area contributed by atoms with Crippen LogP contribution in [0.5, 0.6) is 5.75 Å². The van der Waals surface area contributed by atoms with Crippen LogP contribution in [0.4, 0.5) is 0 Å². The van der Waals surface area contributed by atoms with Crippen LogP contribution in [-0.2, 0) is 12.0 Å². The summed E-state index contributed by atoms with van der Waals surface area (Å²) in [6.45, 7) is 6.77. The number of hydrogen-bond acceptors (Lipinski definition) is 2. The molecule has 0 N–H and O–H groups in total. The summed E-state index contributed by atoms with van der Waals surface area (Å²) in [6.07, 6.45) is 0. The largest absolute Gasteiger partial charge is 0.496 e. The Hall–Kier alpha value is -1.67. The third-order valence-corrected chi connectivity index (χ3v) is 2.39. The highest BCUT2D eigenvalue weighted by molar-refractivity contribution is 5.41. The summed E-state index contributed by atoms with van der Waals surface area (Å²) in [7, 11) is 1.65. The van der Waals surface area contributed by atoms with E-state index in [1.54, 1.807) is 7.11 Å². The van der Waals surface area contributed by atoms with Gasteiger partial charge in [-0.2, -0.15) is 0 Å². The molecule has 1 rings (SSSR count). The highest BCUT2D eigenvalue weighted by Gasteiger charge is 2.18. The lowest BCUT2D eigenvalue weighted by Gasteiger charge is -2.22. The molecule has 86 valence electrons. The Morgan fingerprint density at radius 2 is 2.06 bits per heavy atom.